The molecule has 0 N–H and O–H groups in total. The molecule has 19 heavy (non-hydrogen) atoms. The van der Waals surface area contributed by atoms with Gasteiger partial charge in [0.15, 0.2) is 0 Å². The summed E-state index contributed by atoms with van der Waals surface area (Å²) in [6.07, 6.45) is 0. The van der Waals surface area contributed by atoms with Crippen LogP contribution in [0.3, 0.4) is 0 Å². The maximum absolute atomic E-state index is 2.39. The molecule has 0 fully saturated rings. The molecule has 0 heterocycles. The fourth-order valence-corrected chi connectivity index (χ4v) is 2.33. The molecular weight excluding hydrogens is 494 g/mol. The van der Waals surface area contributed by atoms with Crippen LogP contribution in [0.2, 0.25) is 0 Å². The van der Waals surface area contributed by atoms with E-state index >= 15 is 0 Å². The average Bonchev–Trinajstić information content (AvgIpc) is 2.55. The molecule has 0 unspecified atom stereocenters. The number of benzene rings is 1. The van der Waals surface area contributed by atoms with Crippen molar-refractivity contribution in [3.63, 3.8) is 0 Å². The Hall–Kier alpha value is 1.00. The van der Waals surface area contributed by atoms with Crippen LogP contribution in [0, 0.1) is 6.92 Å². The van der Waals surface area contributed by atoms with Gasteiger partial charge < -0.3 is 48.0 Å². The van der Waals surface area contributed by atoms with Gasteiger partial charge in [0.05, 0.1) is 0 Å². The van der Waals surface area contributed by atoms with Gasteiger partial charge in [-0.1, -0.05) is 51.8 Å². The number of hydrogen-bond acceptors (Lipinski definition) is 0. The topological polar surface area (TPSA) is 0 Å². The zero-order valence-electron chi connectivity index (χ0n) is 12.2. The second-order valence-electron chi connectivity index (χ2n) is 5.46. The third kappa shape index (κ3) is 5.04. The Labute approximate surface area is 166 Å². The van der Waals surface area contributed by atoms with Crippen LogP contribution in [0.4, 0.5) is 0 Å². The molecule has 103 valence electrons. The van der Waals surface area contributed by atoms with Crippen molar-refractivity contribution < 1.29 is 69.7 Å². The van der Waals surface area contributed by atoms with Crippen molar-refractivity contribution in [3.8, 4) is 0 Å². The third-order valence-corrected chi connectivity index (χ3v) is 3.31. The van der Waals surface area contributed by atoms with Crippen molar-refractivity contribution in [3.05, 3.63) is 41.0 Å². The van der Waals surface area contributed by atoms with E-state index in [0.29, 0.717) is 11.8 Å². The summed E-state index contributed by atoms with van der Waals surface area (Å²) in [7, 11) is 0. The molecule has 0 bridgehead atoms. The standard InChI is InChI=1S/C16H21.2HI.Ti/c1-10(2)13-8-14-6-12(5)7-16(14)15(9-13)11(3)4;;;/h6-11H,1-5H3;2*1H;/q-1;;;+3/p-2. The van der Waals surface area contributed by atoms with Crippen molar-refractivity contribution in [1.82, 2.24) is 0 Å². The zero-order valence-corrected chi connectivity index (χ0v) is 18.1. The minimum Gasteiger partial charge on any atom is -1.00 e. The number of aryl methyl sites for hydroxylation is 1. The second kappa shape index (κ2) is 9.11. The molecule has 2 aromatic rings. The Morgan fingerprint density at radius 1 is 0.895 bits per heavy atom. The van der Waals surface area contributed by atoms with Gasteiger partial charge in [0.1, 0.15) is 0 Å². The van der Waals surface area contributed by atoms with E-state index in [1.54, 1.807) is 0 Å². The molecular formula is C16H21I2Ti. The summed E-state index contributed by atoms with van der Waals surface area (Å²) in [5.74, 6) is 1.21. The molecule has 0 aliphatic rings. The summed E-state index contributed by atoms with van der Waals surface area (Å²) in [6, 6.07) is 9.35. The van der Waals surface area contributed by atoms with Gasteiger partial charge in [0.2, 0.25) is 0 Å². The third-order valence-electron chi connectivity index (χ3n) is 3.31. The normalized spacial score (nSPS) is 10.1. The Balaban J connectivity index is 0. The maximum atomic E-state index is 2.39. The van der Waals surface area contributed by atoms with E-state index in [4.69, 9.17) is 0 Å². The van der Waals surface area contributed by atoms with Gasteiger partial charge in [-0.25, -0.2) is 0 Å². The molecule has 3 heteroatoms. The fourth-order valence-electron chi connectivity index (χ4n) is 2.33. The molecule has 0 aliphatic carbocycles. The minimum atomic E-state index is 0. The zero-order chi connectivity index (χ0) is 11.9. The van der Waals surface area contributed by atoms with Gasteiger partial charge in [-0.2, -0.15) is 6.07 Å². The van der Waals surface area contributed by atoms with Crippen molar-refractivity contribution in [2.75, 3.05) is 0 Å². The smallest absolute Gasteiger partial charge is 1.00 e. The average molecular weight is 515 g/mol. The van der Waals surface area contributed by atoms with Gasteiger partial charge in [-0.3, -0.25) is 0 Å². The molecule has 0 atom stereocenters. The van der Waals surface area contributed by atoms with Gasteiger partial charge in [-0.05, 0) is 11.8 Å². The van der Waals surface area contributed by atoms with Crippen LogP contribution < -0.4 is 48.0 Å². The van der Waals surface area contributed by atoms with E-state index in [1.807, 2.05) is 0 Å². The fraction of sp³-hybridized carbons (Fsp3) is 0.438. The molecule has 2 aromatic carbocycles. The molecule has 0 amide bonds. The van der Waals surface area contributed by atoms with Crippen LogP contribution in [0.5, 0.6) is 0 Å². The predicted octanol–water partition coefficient (Wildman–Crippen LogP) is -0.881. The van der Waals surface area contributed by atoms with Gasteiger partial charge >= 0.3 is 21.7 Å². The van der Waals surface area contributed by atoms with Crippen LogP contribution in [0.25, 0.3) is 10.8 Å². The summed E-state index contributed by atoms with van der Waals surface area (Å²) in [5, 5.41) is 2.85. The second-order valence-corrected chi connectivity index (χ2v) is 5.46. The van der Waals surface area contributed by atoms with Crippen LogP contribution in [-0.2, 0) is 21.7 Å². The van der Waals surface area contributed by atoms with Crippen LogP contribution >= 0.6 is 0 Å². The van der Waals surface area contributed by atoms with Crippen molar-refractivity contribution in [1.29, 1.82) is 0 Å². The molecule has 0 saturated heterocycles. The summed E-state index contributed by atoms with van der Waals surface area (Å²) in [5.41, 5.74) is 4.33. The Bertz CT molecular complexity index is 513. The van der Waals surface area contributed by atoms with E-state index in [0.717, 1.165) is 0 Å². The predicted molar refractivity (Wildman–Crippen MR) is 72.5 cm³/mol. The van der Waals surface area contributed by atoms with Gasteiger partial charge in [-0.15, -0.1) is 28.5 Å². The maximum Gasteiger partial charge on any atom is 3.00 e. The molecule has 0 aliphatic heterocycles. The molecule has 1 radical (unpaired) electrons. The van der Waals surface area contributed by atoms with Gasteiger partial charge in [0, 0.05) is 0 Å². The molecule has 0 nitrogen and oxygen atoms in total. The Morgan fingerprint density at radius 2 is 1.47 bits per heavy atom. The first-order valence-electron chi connectivity index (χ1n) is 6.20. The number of hydrogen-bond donors (Lipinski definition) is 0. The summed E-state index contributed by atoms with van der Waals surface area (Å²) < 4.78 is 0. The van der Waals surface area contributed by atoms with Crippen molar-refractivity contribution in [2.45, 2.75) is 46.5 Å². The quantitative estimate of drug-likeness (QED) is 0.277. The van der Waals surface area contributed by atoms with Crippen LogP contribution in [0.15, 0.2) is 24.3 Å². The first-order chi connectivity index (χ1) is 7.49. The summed E-state index contributed by atoms with van der Waals surface area (Å²) in [6.45, 7) is 11.3. The first kappa shape index (κ1) is 22.3. The molecule has 0 saturated carbocycles. The van der Waals surface area contributed by atoms with Gasteiger partial charge in [0.25, 0.3) is 0 Å². The number of fused-ring (bicyclic) bond motifs is 1. The van der Waals surface area contributed by atoms with E-state index in [9.17, 15) is 0 Å². The van der Waals surface area contributed by atoms with Crippen LogP contribution in [0.1, 0.15) is 56.2 Å². The Morgan fingerprint density at radius 3 is 1.95 bits per heavy atom. The number of rotatable bonds is 2. The monoisotopic (exact) mass is 515 g/mol. The molecule has 0 aromatic heterocycles. The summed E-state index contributed by atoms with van der Waals surface area (Å²) >= 11 is 0. The van der Waals surface area contributed by atoms with E-state index in [-0.39, 0.29) is 69.7 Å². The SMILES string of the molecule is Cc1cc2c(C(C)C)cc(C(C)C)cc2[cH-]1.[I-].[I-].[Ti+3]. The molecule has 0 spiro atoms. The van der Waals surface area contributed by atoms with Crippen LogP contribution in [-0.4, -0.2) is 0 Å². The minimum absolute atomic E-state index is 0. The van der Waals surface area contributed by atoms with Crippen molar-refractivity contribution >= 4 is 10.8 Å². The summed E-state index contributed by atoms with van der Waals surface area (Å²) in [4.78, 5) is 0. The number of halogens is 2. The van der Waals surface area contributed by atoms with E-state index in [2.05, 4.69) is 58.9 Å². The van der Waals surface area contributed by atoms with E-state index < -0.39 is 0 Å². The van der Waals surface area contributed by atoms with E-state index in [1.165, 1.54) is 27.5 Å². The largest absolute Gasteiger partial charge is 3.00 e. The first-order valence-corrected chi connectivity index (χ1v) is 6.20. The Kier molecular flexibility index (Phi) is 10.7. The van der Waals surface area contributed by atoms with Crippen molar-refractivity contribution in [2.24, 2.45) is 0 Å². The molecule has 2 rings (SSSR count).